The molecule has 0 aliphatic carbocycles. The first-order chi connectivity index (χ1) is 13.7. The van der Waals surface area contributed by atoms with Gasteiger partial charge in [-0.15, -0.1) is 0 Å². The second kappa shape index (κ2) is 6.92. The van der Waals surface area contributed by atoms with Crippen molar-refractivity contribution in [1.82, 2.24) is 19.5 Å². The van der Waals surface area contributed by atoms with E-state index in [0.717, 1.165) is 40.5 Å². The topological polar surface area (TPSA) is 88.1 Å². The van der Waals surface area contributed by atoms with Gasteiger partial charge in [0.05, 0.1) is 22.0 Å². The fraction of sp³-hybridized carbons (Fsp3) is 0.250. The first-order valence-corrected chi connectivity index (χ1v) is 9.46. The molecule has 0 saturated carbocycles. The molecule has 142 valence electrons. The van der Waals surface area contributed by atoms with Gasteiger partial charge in [0, 0.05) is 23.8 Å². The number of halogens is 1. The number of nitrogens with two attached hydrogens (primary N) is 1. The van der Waals surface area contributed by atoms with Crippen LogP contribution in [-0.2, 0) is 4.74 Å². The van der Waals surface area contributed by atoms with Gasteiger partial charge < -0.3 is 19.8 Å². The molecule has 28 heavy (non-hydrogen) atoms. The molecule has 3 aromatic heterocycles. The summed E-state index contributed by atoms with van der Waals surface area (Å²) >= 11 is 6.19. The van der Waals surface area contributed by atoms with Crippen molar-refractivity contribution in [3.63, 3.8) is 0 Å². The maximum Gasteiger partial charge on any atom is 0.147 e. The minimum Gasteiger partial charge on any atom is -0.491 e. The van der Waals surface area contributed by atoms with Crippen LogP contribution in [0.1, 0.15) is 19.1 Å². The molecule has 1 aliphatic rings. The number of ether oxygens (including phenoxy) is 2. The van der Waals surface area contributed by atoms with Gasteiger partial charge in [-0.05, 0) is 37.1 Å². The fourth-order valence-electron chi connectivity index (χ4n) is 3.61. The van der Waals surface area contributed by atoms with Gasteiger partial charge in [-0.1, -0.05) is 11.6 Å². The third kappa shape index (κ3) is 3.02. The van der Waals surface area contributed by atoms with E-state index in [0.29, 0.717) is 17.4 Å². The highest BCUT2D eigenvalue weighted by molar-refractivity contribution is 6.35. The van der Waals surface area contributed by atoms with Crippen LogP contribution >= 0.6 is 11.6 Å². The summed E-state index contributed by atoms with van der Waals surface area (Å²) in [6.45, 7) is 0.471. The summed E-state index contributed by atoms with van der Waals surface area (Å²) in [7, 11) is 0. The summed E-state index contributed by atoms with van der Waals surface area (Å²) < 4.78 is 14.1. The average Bonchev–Trinajstić information content (AvgIpc) is 3.34. The Bertz CT molecular complexity index is 1160. The van der Waals surface area contributed by atoms with E-state index in [4.69, 9.17) is 26.8 Å². The van der Waals surface area contributed by atoms with Gasteiger partial charge in [0.1, 0.15) is 36.4 Å². The second-order valence-electron chi connectivity index (χ2n) is 6.79. The van der Waals surface area contributed by atoms with Gasteiger partial charge in [0.2, 0.25) is 0 Å². The van der Waals surface area contributed by atoms with Crippen LogP contribution in [0.3, 0.4) is 0 Å². The lowest BCUT2D eigenvalue weighted by Crippen LogP contribution is -2.18. The number of fused-ring (bicyclic) bond motifs is 2. The van der Waals surface area contributed by atoms with Crippen molar-refractivity contribution in [2.75, 3.05) is 12.3 Å². The maximum atomic E-state index is 6.19. The molecule has 1 aliphatic heterocycles. The second-order valence-corrected chi connectivity index (χ2v) is 7.20. The molecule has 8 heteroatoms. The number of nitrogens with zero attached hydrogens (tertiary/aromatic N) is 4. The first-order valence-electron chi connectivity index (χ1n) is 9.08. The third-order valence-electron chi connectivity index (χ3n) is 5.03. The van der Waals surface area contributed by atoms with Crippen LogP contribution in [0.5, 0.6) is 5.75 Å². The molecule has 0 bridgehead atoms. The van der Waals surface area contributed by atoms with Crippen LogP contribution in [0, 0.1) is 0 Å². The van der Waals surface area contributed by atoms with E-state index in [1.165, 1.54) is 6.33 Å². The number of hydrogen-bond donors (Lipinski definition) is 1. The van der Waals surface area contributed by atoms with Crippen LogP contribution in [0.25, 0.3) is 21.9 Å². The van der Waals surface area contributed by atoms with E-state index in [9.17, 15) is 0 Å². The largest absolute Gasteiger partial charge is 0.491 e. The van der Waals surface area contributed by atoms with Crippen molar-refractivity contribution >= 4 is 39.4 Å². The average molecular weight is 396 g/mol. The lowest BCUT2D eigenvalue weighted by Gasteiger charge is -2.16. The molecule has 4 aromatic rings. The molecule has 0 amide bonds. The van der Waals surface area contributed by atoms with Crippen molar-refractivity contribution in [3.05, 3.63) is 54.1 Å². The Balaban J connectivity index is 1.27. The zero-order chi connectivity index (χ0) is 19.1. The zero-order valence-electron chi connectivity index (χ0n) is 15.0. The van der Waals surface area contributed by atoms with Gasteiger partial charge in [0.15, 0.2) is 0 Å². The Kier molecular flexibility index (Phi) is 4.26. The van der Waals surface area contributed by atoms with E-state index in [1.807, 2.05) is 35.0 Å². The van der Waals surface area contributed by atoms with E-state index >= 15 is 0 Å². The van der Waals surface area contributed by atoms with Crippen LogP contribution in [0.2, 0.25) is 5.02 Å². The zero-order valence-corrected chi connectivity index (χ0v) is 15.7. The highest BCUT2D eigenvalue weighted by Gasteiger charge is 2.28. The SMILES string of the molecule is Nc1ncnc2c1ccn2[C@H]1CC[C@@H](COc2ccc3c(Cl)ccnc3c2)O1. The molecule has 5 rings (SSSR count). The molecular formula is C20H18ClN5O2. The summed E-state index contributed by atoms with van der Waals surface area (Å²) in [6.07, 6.45) is 6.82. The lowest BCUT2D eigenvalue weighted by atomic mass is 10.2. The Morgan fingerprint density at radius 2 is 2.07 bits per heavy atom. The van der Waals surface area contributed by atoms with Crippen LogP contribution in [0.15, 0.2) is 49.1 Å². The molecular weight excluding hydrogens is 378 g/mol. The summed E-state index contributed by atoms with van der Waals surface area (Å²) in [5.41, 5.74) is 7.52. The lowest BCUT2D eigenvalue weighted by molar-refractivity contribution is -0.0156. The van der Waals surface area contributed by atoms with E-state index in [1.54, 1.807) is 12.3 Å². The predicted molar refractivity (Wildman–Crippen MR) is 107 cm³/mol. The fourth-order valence-corrected chi connectivity index (χ4v) is 3.82. The molecule has 2 N–H and O–H groups in total. The Morgan fingerprint density at radius 3 is 3.00 bits per heavy atom. The van der Waals surface area contributed by atoms with E-state index < -0.39 is 0 Å². The summed E-state index contributed by atoms with van der Waals surface area (Å²) in [5.74, 6) is 1.23. The number of rotatable bonds is 4. The smallest absolute Gasteiger partial charge is 0.147 e. The van der Waals surface area contributed by atoms with E-state index in [2.05, 4.69) is 15.0 Å². The molecule has 2 atom stereocenters. The molecule has 1 fully saturated rings. The predicted octanol–water partition coefficient (Wildman–Crippen LogP) is 3.97. The van der Waals surface area contributed by atoms with Crippen LogP contribution in [-0.4, -0.2) is 32.2 Å². The Morgan fingerprint density at radius 1 is 1.14 bits per heavy atom. The van der Waals surface area contributed by atoms with Gasteiger partial charge in [-0.3, -0.25) is 4.98 Å². The highest BCUT2D eigenvalue weighted by atomic mass is 35.5. The van der Waals surface area contributed by atoms with Crippen molar-refractivity contribution < 1.29 is 9.47 Å². The number of pyridine rings is 1. The van der Waals surface area contributed by atoms with Gasteiger partial charge in [0.25, 0.3) is 0 Å². The highest BCUT2D eigenvalue weighted by Crippen LogP contribution is 2.32. The maximum absolute atomic E-state index is 6.19. The van der Waals surface area contributed by atoms with Crippen molar-refractivity contribution in [1.29, 1.82) is 0 Å². The van der Waals surface area contributed by atoms with Gasteiger partial charge in [-0.25, -0.2) is 9.97 Å². The minimum atomic E-state index is -0.0857. The standard InChI is InChI=1S/C20H18ClN5O2/c21-16-5-7-23-17-9-12(1-3-14(16)17)27-10-13-2-4-18(28-13)26-8-6-15-19(22)24-11-25-20(15)26/h1,3,5-9,11,13,18H,2,4,10H2,(H2,22,24,25)/t13-,18+/m0/s1. The van der Waals surface area contributed by atoms with Crippen LogP contribution < -0.4 is 10.5 Å². The quantitative estimate of drug-likeness (QED) is 0.562. The molecule has 1 aromatic carbocycles. The van der Waals surface area contributed by atoms with Gasteiger partial charge in [-0.2, -0.15) is 0 Å². The molecule has 0 spiro atoms. The number of anilines is 1. The Hall–Kier alpha value is -2.90. The number of nitrogen functional groups attached to an aromatic ring is 1. The molecule has 1 saturated heterocycles. The van der Waals surface area contributed by atoms with Crippen molar-refractivity contribution in [2.45, 2.75) is 25.2 Å². The normalized spacial score (nSPS) is 19.5. The molecule has 0 unspecified atom stereocenters. The third-order valence-corrected chi connectivity index (χ3v) is 5.36. The van der Waals surface area contributed by atoms with Crippen molar-refractivity contribution in [3.8, 4) is 5.75 Å². The summed E-state index contributed by atoms with van der Waals surface area (Å²) in [6, 6.07) is 9.42. The van der Waals surface area contributed by atoms with Crippen molar-refractivity contribution in [2.24, 2.45) is 0 Å². The molecule has 7 nitrogen and oxygen atoms in total. The first kappa shape index (κ1) is 17.2. The van der Waals surface area contributed by atoms with Gasteiger partial charge >= 0.3 is 0 Å². The van der Waals surface area contributed by atoms with E-state index in [-0.39, 0.29) is 12.3 Å². The Labute approximate surface area is 166 Å². The monoisotopic (exact) mass is 395 g/mol. The molecule has 4 heterocycles. The van der Waals surface area contributed by atoms with Crippen LogP contribution in [0.4, 0.5) is 5.82 Å². The number of aromatic nitrogens is 4. The number of benzene rings is 1. The number of hydrogen-bond acceptors (Lipinski definition) is 6. The minimum absolute atomic E-state index is 0.00431. The summed E-state index contributed by atoms with van der Waals surface area (Å²) in [4.78, 5) is 12.7. The molecule has 0 radical (unpaired) electrons. The summed E-state index contributed by atoms with van der Waals surface area (Å²) in [5, 5.41) is 2.43.